The number of hydrogen-bond donors (Lipinski definition) is 1. The van der Waals surface area contributed by atoms with E-state index in [1.165, 1.54) is 18.3 Å². The van der Waals surface area contributed by atoms with Crippen LogP contribution in [0.25, 0.3) is 0 Å². The lowest BCUT2D eigenvalue weighted by Gasteiger charge is -2.02. The SMILES string of the molecule is Cc1ccc(C(=O)NN=Cc2cccc(F)c2)cc1Br. The third kappa shape index (κ3) is 3.74. The van der Waals surface area contributed by atoms with Crippen LogP contribution >= 0.6 is 15.9 Å². The summed E-state index contributed by atoms with van der Waals surface area (Å²) in [5.41, 5.74) is 4.52. The summed E-state index contributed by atoms with van der Waals surface area (Å²) in [4.78, 5) is 11.8. The van der Waals surface area contributed by atoms with Crippen LogP contribution in [0.4, 0.5) is 4.39 Å². The number of aryl methyl sites for hydroxylation is 1. The first-order valence-electron chi connectivity index (χ1n) is 5.91. The van der Waals surface area contributed by atoms with Crippen LogP contribution in [0, 0.1) is 12.7 Å². The smallest absolute Gasteiger partial charge is 0.267 e. The Morgan fingerprint density at radius 3 is 2.80 bits per heavy atom. The second-order valence-electron chi connectivity index (χ2n) is 4.22. The van der Waals surface area contributed by atoms with Crippen LogP contribution in [0.5, 0.6) is 0 Å². The standard InChI is InChI=1S/C15H12BrFN2O/c1-10-5-6-12(8-14(10)16)15(20)19-18-9-11-3-2-4-13(17)7-11/h2-9H,1H3,(H,19,20). The molecule has 0 radical (unpaired) electrons. The van der Waals surface area contributed by atoms with E-state index in [4.69, 9.17) is 0 Å². The Morgan fingerprint density at radius 2 is 2.10 bits per heavy atom. The topological polar surface area (TPSA) is 41.5 Å². The molecule has 2 aromatic carbocycles. The fraction of sp³-hybridized carbons (Fsp3) is 0.0667. The number of hydrogen-bond acceptors (Lipinski definition) is 2. The first kappa shape index (κ1) is 14.4. The van der Waals surface area contributed by atoms with E-state index >= 15 is 0 Å². The Balaban J connectivity index is 2.03. The quantitative estimate of drug-likeness (QED) is 0.675. The molecule has 0 bridgehead atoms. The number of halogens is 2. The van der Waals surface area contributed by atoms with Crippen molar-refractivity contribution in [1.29, 1.82) is 0 Å². The molecule has 0 unspecified atom stereocenters. The molecule has 0 aromatic heterocycles. The Kier molecular flexibility index (Phi) is 4.63. The summed E-state index contributed by atoms with van der Waals surface area (Å²) in [7, 11) is 0. The molecule has 0 atom stereocenters. The Morgan fingerprint density at radius 1 is 1.30 bits per heavy atom. The zero-order valence-corrected chi connectivity index (χ0v) is 12.3. The maximum atomic E-state index is 12.9. The number of nitrogens with zero attached hydrogens (tertiary/aromatic N) is 1. The monoisotopic (exact) mass is 334 g/mol. The van der Waals surface area contributed by atoms with Crippen molar-refractivity contribution >= 4 is 28.1 Å². The molecule has 2 rings (SSSR count). The third-order valence-corrected chi connectivity index (χ3v) is 3.52. The highest BCUT2D eigenvalue weighted by atomic mass is 79.9. The first-order valence-corrected chi connectivity index (χ1v) is 6.70. The normalized spacial score (nSPS) is 10.8. The first-order chi connectivity index (χ1) is 9.56. The minimum absolute atomic E-state index is 0.321. The van der Waals surface area contributed by atoms with Crippen molar-refractivity contribution in [3.63, 3.8) is 0 Å². The fourth-order valence-electron chi connectivity index (χ4n) is 1.55. The molecule has 0 aliphatic rings. The van der Waals surface area contributed by atoms with Crippen molar-refractivity contribution in [3.05, 3.63) is 69.4 Å². The van der Waals surface area contributed by atoms with Gasteiger partial charge in [0, 0.05) is 10.0 Å². The molecule has 0 spiro atoms. The van der Waals surface area contributed by atoms with Crippen molar-refractivity contribution < 1.29 is 9.18 Å². The van der Waals surface area contributed by atoms with Crippen molar-refractivity contribution in [2.45, 2.75) is 6.92 Å². The van der Waals surface area contributed by atoms with Gasteiger partial charge in [0.15, 0.2) is 0 Å². The van der Waals surface area contributed by atoms with E-state index in [1.54, 1.807) is 24.3 Å². The van der Waals surface area contributed by atoms with E-state index in [1.807, 2.05) is 13.0 Å². The zero-order valence-electron chi connectivity index (χ0n) is 10.7. The lowest BCUT2D eigenvalue weighted by Crippen LogP contribution is -2.17. The Hall–Kier alpha value is -2.01. The highest BCUT2D eigenvalue weighted by Crippen LogP contribution is 2.17. The maximum absolute atomic E-state index is 12.9. The molecule has 20 heavy (non-hydrogen) atoms. The highest BCUT2D eigenvalue weighted by molar-refractivity contribution is 9.10. The molecular formula is C15H12BrFN2O. The summed E-state index contributed by atoms with van der Waals surface area (Å²) in [6.45, 7) is 1.94. The molecule has 0 saturated heterocycles. The lowest BCUT2D eigenvalue weighted by molar-refractivity contribution is 0.0955. The molecule has 0 fully saturated rings. The second-order valence-corrected chi connectivity index (χ2v) is 5.07. The van der Waals surface area contributed by atoms with Gasteiger partial charge in [0.05, 0.1) is 6.21 Å². The average molecular weight is 335 g/mol. The van der Waals surface area contributed by atoms with Gasteiger partial charge in [0.1, 0.15) is 5.82 Å². The van der Waals surface area contributed by atoms with Crippen molar-refractivity contribution in [2.24, 2.45) is 5.10 Å². The molecule has 102 valence electrons. The minimum atomic E-state index is -0.345. The average Bonchev–Trinajstić information content (AvgIpc) is 2.42. The van der Waals surface area contributed by atoms with E-state index in [9.17, 15) is 9.18 Å². The van der Waals surface area contributed by atoms with Crippen LogP contribution < -0.4 is 5.43 Å². The Bertz CT molecular complexity index is 671. The summed E-state index contributed by atoms with van der Waals surface area (Å²) in [6.07, 6.45) is 1.39. The van der Waals surface area contributed by atoms with Gasteiger partial charge >= 0.3 is 0 Å². The van der Waals surface area contributed by atoms with E-state index in [2.05, 4.69) is 26.5 Å². The molecular weight excluding hydrogens is 323 g/mol. The van der Waals surface area contributed by atoms with Crippen LogP contribution in [0.1, 0.15) is 21.5 Å². The van der Waals surface area contributed by atoms with Gasteiger partial charge in [-0.05, 0) is 42.3 Å². The van der Waals surface area contributed by atoms with Gasteiger partial charge in [0.2, 0.25) is 0 Å². The molecule has 0 saturated carbocycles. The molecule has 5 heteroatoms. The maximum Gasteiger partial charge on any atom is 0.271 e. The molecule has 2 aromatic rings. The number of nitrogens with one attached hydrogen (secondary N) is 1. The molecule has 0 aliphatic heterocycles. The lowest BCUT2D eigenvalue weighted by atomic mass is 10.1. The van der Waals surface area contributed by atoms with Crippen LogP contribution in [0.2, 0.25) is 0 Å². The largest absolute Gasteiger partial charge is 0.271 e. The predicted molar refractivity (Wildman–Crippen MR) is 80.3 cm³/mol. The summed E-state index contributed by atoms with van der Waals surface area (Å²) in [6, 6.07) is 11.2. The van der Waals surface area contributed by atoms with E-state index in [0.29, 0.717) is 11.1 Å². The summed E-state index contributed by atoms with van der Waals surface area (Å²) in [5.74, 6) is -0.666. The van der Waals surface area contributed by atoms with Gasteiger partial charge in [-0.25, -0.2) is 9.82 Å². The van der Waals surface area contributed by atoms with Crippen molar-refractivity contribution in [3.8, 4) is 0 Å². The fourth-order valence-corrected chi connectivity index (χ4v) is 1.93. The second kappa shape index (κ2) is 6.43. The molecule has 1 N–H and O–H groups in total. The van der Waals surface area contributed by atoms with Gasteiger partial charge in [-0.3, -0.25) is 4.79 Å². The van der Waals surface area contributed by atoms with Gasteiger partial charge in [-0.1, -0.05) is 34.1 Å². The highest BCUT2D eigenvalue weighted by Gasteiger charge is 2.05. The third-order valence-electron chi connectivity index (χ3n) is 2.66. The number of rotatable bonds is 3. The van der Waals surface area contributed by atoms with Crippen molar-refractivity contribution in [2.75, 3.05) is 0 Å². The molecule has 3 nitrogen and oxygen atoms in total. The summed E-state index contributed by atoms with van der Waals surface area (Å²) < 4.78 is 13.8. The predicted octanol–water partition coefficient (Wildman–Crippen LogP) is 3.66. The van der Waals surface area contributed by atoms with Crippen LogP contribution in [-0.4, -0.2) is 12.1 Å². The number of amides is 1. The molecule has 1 amide bonds. The van der Waals surface area contributed by atoms with Crippen LogP contribution in [-0.2, 0) is 0 Å². The number of carbonyl (C=O) groups excluding carboxylic acids is 1. The van der Waals surface area contributed by atoms with Gasteiger partial charge < -0.3 is 0 Å². The summed E-state index contributed by atoms with van der Waals surface area (Å²) >= 11 is 3.37. The number of carbonyl (C=O) groups is 1. The van der Waals surface area contributed by atoms with Crippen LogP contribution in [0.15, 0.2) is 52.0 Å². The van der Waals surface area contributed by atoms with Gasteiger partial charge in [0.25, 0.3) is 5.91 Å². The van der Waals surface area contributed by atoms with E-state index in [-0.39, 0.29) is 11.7 Å². The van der Waals surface area contributed by atoms with E-state index < -0.39 is 0 Å². The van der Waals surface area contributed by atoms with Gasteiger partial charge in [-0.15, -0.1) is 0 Å². The van der Waals surface area contributed by atoms with Crippen molar-refractivity contribution in [1.82, 2.24) is 5.43 Å². The van der Waals surface area contributed by atoms with E-state index in [0.717, 1.165) is 10.0 Å². The molecule has 0 heterocycles. The minimum Gasteiger partial charge on any atom is -0.267 e. The van der Waals surface area contributed by atoms with Gasteiger partial charge in [-0.2, -0.15) is 5.10 Å². The Labute approximate surface area is 124 Å². The van der Waals surface area contributed by atoms with Crippen LogP contribution in [0.3, 0.4) is 0 Å². The summed E-state index contributed by atoms with van der Waals surface area (Å²) in [5, 5.41) is 3.80. The number of benzene rings is 2. The molecule has 0 aliphatic carbocycles. The number of hydrazone groups is 1. The zero-order chi connectivity index (χ0) is 14.5.